The van der Waals surface area contributed by atoms with E-state index in [0.29, 0.717) is 23.9 Å². The predicted octanol–water partition coefficient (Wildman–Crippen LogP) is 1.70. The van der Waals surface area contributed by atoms with Gasteiger partial charge in [-0.05, 0) is 37.9 Å². The molecule has 120 valence electrons. The van der Waals surface area contributed by atoms with Gasteiger partial charge in [0.25, 0.3) is 10.0 Å². The Labute approximate surface area is 131 Å². The zero-order valence-corrected chi connectivity index (χ0v) is 14.3. The van der Waals surface area contributed by atoms with Crippen LogP contribution in [-0.2, 0) is 21.2 Å². The molecule has 0 radical (unpaired) electrons. The smallest absolute Gasteiger partial charge is 0.252 e. The van der Waals surface area contributed by atoms with E-state index in [1.807, 2.05) is 13.0 Å². The highest BCUT2D eigenvalue weighted by Crippen LogP contribution is 2.26. The van der Waals surface area contributed by atoms with Gasteiger partial charge in [0, 0.05) is 31.1 Å². The van der Waals surface area contributed by atoms with E-state index in [4.69, 9.17) is 4.74 Å². The number of hydrogen-bond acceptors (Lipinski definition) is 5. The van der Waals surface area contributed by atoms with Crippen molar-refractivity contribution in [3.05, 3.63) is 17.0 Å². The molecule has 1 unspecified atom stereocenters. The van der Waals surface area contributed by atoms with Crippen molar-refractivity contribution in [1.29, 1.82) is 0 Å². The highest BCUT2D eigenvalue weighted by Gasteiger charge is 2.29. The van der Waals surface area contributed by atoms with Crippen LogP contribution < -0.4 is 5.32 Å². The minimum Gasteiger partial charge on any atom is -0.383 e. The number of thiophene rings is 1. The Morgan fingerprint density at radius 2 is 2.29 bits per heavy atom. The number of aryl methyl sites for hydroxylation is 1. The Balaban J connectivity index is 2.16. The SMILES string of the molecule is CCc1ccc(S(=O)(=O)N(CCOC)CC2CCCN2)s1. The summed E-state index contributed by atoms with van der Waals surface area (Å²) < 4.78 is 32.7. The van der Waals surface area contributed by atoms with Gasteiger partial charge in [-0.2, -0.15) is 4.31 Å². The van der Waals surface area contributed by atoms with Crippen molar-refractivity contribution in [3.63, 3.8) is 0 Å². The zero-order chi connectivity index (χ0) is 15.3. The molecule has 2 rings (SSSR count). The van der Waals surface area contributed by atoms with Crippen LogP contribution in [-0.4, -0.2) is 52.1 Å². The molecule has 1 aromatic rings. The van der Waals surface area contributed by atoms with E-state index in [0.717, 1.165) is 30.7 Å². The van der Waals surface area contributed by atoms with Crippen LogP contribution in [0.2, 0.25) is 0 Å². The van der Waals surface area contributed by atoms with Gasteiger partial charge in [0.1, 0.15) is 4.21 Å². The second-order valence-electron chi connectivity index (χ2n) is 5.22. The van der Waals surface area contributed by atoms with Crippen LogP contribution in [0.3, 0.4) is 0 Å². The monoisotopic (exact) mass is 332 g/mol. The summed E-state index contributed by atoms with van der Waals surface area (Å²) in [6.45, 7) is 4.34. The first-order valence-electron chi connectivity index (χ1n) is 7.39. The quantitative estimate of drug-likeness (QED) is 0.787. The lowest BCUT2D eigenvalue weighted by Gasteiger charge is -2.24. The topological polar surface area (TPSA) is 58.6 Å². The summed E-state index contributed by atoms with van der Waals surface area (Å²) in [7, 11) is -1.82. The third kappa shape index (κ3) is 4.26. The molecular formula is C14H24N2O3S2. The second-order valence-corrected chi connectivity index (χ2v) is 8.56. The molecule has 0 aliphatic carbocycles. The molecular weight excluding hydrogens is 308 g/mol. The van der Waals surface area contributed by atoms with Crippen LogP contribution in [0.4, 0.5) is 0 Å². The molecule has 1 aliphatic rings. The molecule has 1 atom stereocenters. The van der Waals surface area contributed by atoms with Crippen molar-refractivity contribution < 1.29 is 13.2 Å². The fourth-order valence-corrected chi connectivity index (χ4v) is 5.39. The molecule has 5 nitrogen and oxygen atoms in total. The van der Waals surface area contributed by atoms with Gasteiger partial charge in [-0.25, -0.2) is 8.42 Å². The van der Waals surface area contributed by atoms with Crippen molar-refractivity contribution in [2.45, 2.75) is 36.4 Å². The average molecular weight is 332 g/mol. The molecule has 0 spiro atoms. The molecule has 0 saturated carbocycles. The van der Waals surface area contributed by atoms with Crippen molar-refractivity contribution in [1.82, 2.24) is 9.62 Å². The molecule has 1 aliphatic heterocycles. The molecule has 2 heterocycles. The molecule has 0 amide bonds. The van der Waals surface area contributed by atoms with E-state index in [1.165, 1.54) is 11.3 Å². The van der Waals surface area contributed by atoms with Gasteiger partial charge in [0.2, 0.25) is 0 Å². The van der Waals surface area contributed by atoms with Gasteiger partial charge in [-0.3, -0.25) is 0 Å². The molecule has 1 N–H and O–H groups in total. The van der Waals surface area contributed by atoms with Crippen molar-refractivity contribution in [2.75, 3.05) is 33.4 Å². The minimum atomic E-state index is -3.42. The Morgan fingerprint density at radius 3 is 2.86 bits per heavy atom. The van der Waals surface area contributed by atoms with Gasteiger partial charge >= 0.3 is 0 Å². The van der Waals surface area contributed by atoms with Gasteiger partial charge in [0.05, 0.1) is 6.61 Å². The average Bonchev–Trinajstić information content (AvgIpc) is 3.14. The van der Waals surface area contributed by atoms with Gasteiger partial charge < -0.3 is 10.1 Å². The van der Waals surface area contributed by atoms with E-state index in [2.05, 4.69) is 5.32 Å². The first-order valence-corrected chi connectivity index (χ1v) is 9.64. The van der Waals surface area contributed by atoms with Gasteiger partial charge in [-0.1, -0.05) is 6.92 Å². The summed E-state index contributed by atoms with van der Waals surface area (Å²) in [5, 5.41) is 3.36. The Morgan fingerprint density at radius 1 is 1.48 bits per heavy atom. The number of hydrogen-bond donors (Lipinski definition) is 1. The normalized spacial score (nSPS) is 19.5. The maximum Gasteiger partial charge on any atom is 0.252 e. The Bertz CT molecular complexity index is 536. The standard InChI is InChI=1S/C14H24N2O3S2/c1-3-13-6-7-14(20-13)21(17,18)16(9-10-19-2)11-12-5-4-8-15-12/h6-7,12,15H,3-5,8-11H2,1-2H3. The van der Waals surface area contributed by atoms with E-state index in [-0.39, 0.29) is 6.04 Å². The molecule has 1 fully saturated rings. The van der Waals surface area contributed by atoms with Crippen LogP contribution in [0, 0.1) is 0 Å². The van der Waals surface area contributed by atoms with E-state index < -0.39 is 10.0 Å². The van der Waals surface area contributed by atoms with Crippen molar-refractivity contribution >= 4 is 21.4 Å². The number of methoxy groups -OCH3 is 1. The Kier molecular flexibility index (Phi) is 6.19. The molecule has 7 heteroatoms. The number of sulfonamides is 1. The maximum atomic E-state index is 12.8. The van der Waals surface area contributed by atoms with Crippen molar-refractivity contribution in [2.24, 2.45) is 0 Å². The van der Waals surface area contributed by atoms with Crippen molar-refractivity contribution in [3.8, 4) is 0 Å². The van der Waals surface area contributed by atoms with Gasteiger partial charge in [-0.15, -0.1) is 11.3 Å². The largest absolute Gasteiger partial charge is 0.383 e. The van der Waals surface area contributed by atoms with E-state index in [9.17, 15) is 8.42 Å². The molecule has 21 heavy (non-hydrogen) atoms. The number of nitrogens with zero attached hydrogens (tertiary/aromatic N) is 1. The third-order valence-corrected chi connectivity index (χ3v) is 7.27. The molecule has 1 aromatic heterocycles. The number of nitrogens with one attached hydrogen (secondary N) is 1. The summed E-state index contributed by atoms with van der Waals surface area (Å²) in [5.41, 5.74) is 0. The molecule has 1 saturated heterocycles. The van der Waals surface area contributed by atoms with Crippen LogP contribution in [0.25, 0.3) is 0 Å². The molecule has 0 aromatic carbocycles. The van der Waals surface area contributed by atoms with E-state index in [1.54, 1.807) is 17.5 Å². The lowest BCUT2D eigenvalue weighted by molar-refractivity contribution is 0.176. The summed E-state index contributed by atoms with van der Waals surface area (Å²) in [4.78, 5) is 1.10. The zero-order valence-electron chi connectivity index (χ0n) is 12.7. The highest BCUT2D eigenvalue weighted by atomic mass is 32.2. The van der Waals surface area contributed by atoms with Crippen LogP contribution in [0.15, 0.2) is 16.3 Å². The number of rotatable bonds is 8. The summed E-state index contributed by atoms with van der Waals surface area (Å²) in [6.07, 6.45) is 3.01. The first kappa shape index (κ1) is 16.9. The third-order valence-electron chi connectivity index (χ3n) is 3.71. The number of ether oxygens (including phenoxy) is 1. The van der Waals surface area contributed by atoms with E-state index >= 15 is 0 Å². The fourth-order valence-electron chi connectivity index (χ4n) is 2.48. The Hall–Kier alpha value is -0.470. The predicted molar refractivity (Wildman–Crippen MR) is 85.4 cm³/mol. The summed E-state index contributed by atoms with van der Waals surface area (Å²) in [6, 6.07) is 3.88. The fraction of sp³-hybridized carbons (Fsp3) is 0.714. The van der Waals surface area contributed by atoms with Crippen LogP contribution in [0.1, 0.15) is 24.6 Å². The van der Waals surface area contributed by atoms with Gasteiger partial charge in [0.15, 0.2) is 0 Å². The minimum absolute atomic E-state index is 0.252. The summed E-state index contributed by atoms with van der Waals surface area (Å²) in [5.74, 6) is 0. The van der Waals surface area contributed by atoms with Crippen LogP contribution in [0.5, 0.6) is 0 Å². The molecule has 0 bridgehead atoms. The first-order chi connectivity index (χ1) is 10.1. The maximum absolute atomic E-state index is 12.8. The lowest BCUT2D eigenvalue weighted by Crippen LogP contribution is -2.42. The lowest BCUT2D eigenvalue weighted by atomic mass is 10.2. The van der Waals surface area contributed by atoms with Crippen LogP contribution >= 0.6 is 11.3 Å². The second kappa shape index (κ2) is 7.69. The summed E-state index contributed by atoms with van der Waals surface area (Å²) >= 11 is 1.37. The highest BCUT2D eigenvalue weighted by molar-refractivity contribution is 7.91.